The van der Waals surface area contributed by atoms with Crippen molar-refractivity contribution < 1.29 is 9.00 Å². The molecule has 0 aliphatic carbocycles. The highest BCUT2D eigenvalue weighted by Gasteiger charge is 2.35. The summed E-state index contributed by atoms with van der Waals surface area (Å²) in [6.07, 6.45) is 3.56. The van der Waals surface area contributed by atoms with Crippen LogP contribution in [0.5, 0.6) is 0 Å². The van der Waals surface area contributed by atoms with E-state index in [9.17, 15) is 9.00 Å². The molecule has 2 fully saturated rings. The van der Waals surface area contributed by atoms with Crippen molar-refractivity contribution >= 4 is 16.7 Å². The lowest BCUT2D eigenvalue weighted by atomic mass is 9.80. The highest BCUT2D eigenvalue weighted by Crippen LogP contribution is 2.28. The SMILES string of the molecule is CC1(C(=O)NC2CCS(=O)CC2)CCNCC1. The normalized spacial score (nSPS) is 33.0. The van der Waals surface area contributed by atoms with Crippen LogP contribution in [0.4, 0.5) is 0 Å². The van der Waals surface area contributed by atoms with Crippen molar-refractivity contribution in [1.29, 1.82) is 0 Å². The number of rotatable bonds is 2. The Labute approximate surface area is 105 Å². The standard InChI is InChI=1S/C12H22N2O2S/c1-12(4-6-13-7-5-12)11(15)14-10-2-8-17(16)9-3-10/h10,13H,2-9H2,1H3,(H,14,15). The molecule has 2 rings (SSSR count). The van der Waals surface area contributed by atoms with Crippen LogP contribution < -0.4 is 10.6 Å². The van der Waals surface area contributed by atoms with E-state index >= 15 is 0 Å². The first kappa shape index (κ1) is 13.0. The van der Waals surface area contributed by atoms with Crippen LogP contribution in [0.2, 0.25) is 0 Å². The summed E-state index contributed by atoms with van der Waals surface area (Å²) in [7, 11) is -0.652. The summed E-state index contributed by atoms with van der Waals surface area (Å²) in [5.41, 5.74) is -0.206. The van der Waals surface area contributed by atoms with Crippen LogP contribution in [0.1, 0.15) is 32.6 Å². The Morgan fingerprint density at radius 2 is 1.88 bits per heavy atom. The summed E-state index contributed by atoms with van der Waals surface area (Å²) < 4.78 is 11.2. The molecule has 98 valence electrons. The lowest BCUT2D eigenvalue weighted by molar-refractivity contribution is -0.132. The number of carbonyl (C=O) groups is 1. The second-order valence-corrected chi connectivity index (χ2v) is 7.10. The molecule has 1 amide bonds. The Balaban J connectivity index is 1.85. The van der Waals surface area contributed by atoms with Gasteiger partial charge in [-0.3, -0.25) is 9.00 Å². The molecule has 2 aliphatic heterocycles. The summed E-state index contributed by atoms with van der Waals surface area (Å²) in [6.45, 7) is 3.92. The van der Waals surface area contributed by atoms with Gasteiger partial charge in [-0.15, -0.1) is 0 Å². The molecule has 2 N–H and O–H groups in total. The van der Waals surface area contributed by atoms with Gasteiger partial charge in [0.2, 0.25) is 5.91 Å². The first-order chi connectivity index (χ1) is 8.10. The maximum atomic E-state index is 12.3. The molecule has 0 spiro atoms. The second-order valence-electron chi connectivity index (χ2n) is 5.41. The van der Waals surface area contributed by atoms with Crippen LogP contribution in [0.3, 0.4) is 0 Å². The molecule has 0 radical (unpaired) electrons. The molecule has 0 unspecified atom stereocenters. The fraction of sp³-hybridized carbons (Fsp3) is 0.917. The van der Waals surface area contributed by atoms with Crippen molar-refractivity contribution in [1.82, 2.24) is 10.6 Å². The first-order valence-corrected chi connectivity index (χ1v) is 7.96. The van der Waals surface area contributed by atoms with Gasteiger partial charge in [-0.1, -0.05) is 6.92 Å². The van der Waals surface area contributed by atoms with Crippen molar-refractivity contribution in [2.24, 2.45) is 5.41 Å². The maximum absolute atomic E-state index is 12.3. The molecule has 0 aromatic heterocycles. The molecule has 0 atom stereocenters. The molecule has 0 bridgehead atoms. The smallest absolute Gasteiger partial charge is 0.226 e. The number of hydrogen-bond acceptors (Lipinski definition) is 3. The van der Waals surface area contributed by atoms with E-state index in [1.807, 2.05) is 0 Å². The van der Waals surface area contributed by atoms with Gasteiger partial charge in [0.1, 0.15) is 0 Å². The van der Waals surface area contributed by atoms with Crippen molar-refractivity contribution in [3.05, 3.63) is 0 Å². The van der Waals surface area contributed by atoms with Crippen molar-refractivity contribution in [3.8, 4) is 0 Å². The van der Waals surface area contributed by atoms with Gasteiger partial charge in [-0.25, -0.2) is 0 Å². The molecule has 0 aromatic carbocycles. The third kappa shape index (κ3) is 3.28. The topological polar surface area (TPSA) is 58.2 Å². The third-order valence-electron chi connectivity index (χ3n) is 3.98. The number of nitrogens with one attached hydrogen (secondary N) is 2. The highest BCUT2D eigenvalue weighted by molar-refractivity contribution is 7.85. The summed E-state index contributed by atoms with van der Waals surface area (Å²) in [6, 6.07) is 0.243. The van der Waals surface area contributed by atoms with Crippen molar-refractivity contribution in [3.63, 3.8) is 0 Å². The van der Waals surface area contributed by atoms with E-state index in [1.165, 1.54) is 0 Å². The Kier molecular flexibility index (Phi) is 4.20. The summed E-state index contributed by atoms with van der Waals surface area (Å²) in [4.78, 5) is 12.3. The zero-order valence-corrected chi connectivity index (χ0v) is 11.3. The van der Waals surface area contributed by atoms with E-state index in [0.717, 1.165) is 50.3 Å². The number of hydrogen-bond donors (Lipinski definition) is 2. The largest absolute Gasteiger partial charge is 0.353 e. The number of amides is 1. The molecule has 2 saturated heterocycles. The third-order valence-corrected chi connectivity index (χ3v) is 5.36. The van der Waals surface area contributed by atoms with E-state index in [1.54, 1.807) is 0 Å². The lowest BCUT2D eigenvalue weighted by Crippen LogP contribution is -2.50. The highest BCUT2D eigenvalue weighted by atomic mass is 32.2. The Hall–Kier alpha value is -0.420. The molecule has 2 heterocycles. The van der Waals surface area contributed by atoms with Gasteiger partial charge in [-0.2, -0.15) is 0 Å². The summed E-state index contributed by atoms with van der Waals surface area (Å²) in [5.74, 6) is 1.67. The summed E-state index contributed by atoms with van der Waals surface area (Å²) in [5, 5.41) is 6.43. The van der Waals surface area contributed by atoms with E-state index in [-0.39, 0.29) is 17.4 Å². The van der Waals surface area contributed by atoms with Crippen LogP contribution >= 0.6 is 0 Å². The van der Waals surface area contributed by atoms with Crippen molar-refractivity contribution in [2.75, 3.05) is 24.6 Å². The fourth-order valence-corrected chi connectivity index (χ4v) is 3.80. The van der Waals surface area contributed by atoms with Crippen LogP contribution in [0.25, 0.3) is 0 Å². The fourth-order valence-electron chi connectivity index (χ4n) is 2.50. The van der Waals surface area contributed by atoms with Gasteiger partial charge in [0.25, 0.3) is 0 Å². The van der Waals surface area contributed by atoms with Gasteiger partial charge in [0.05, 0.1) is 0 Å². The van der Waals surface area contributed by atoms with Crippen LogP contribution in [-0.4, -0.2) is 40.8 Å². The number of carbonyl (C=O) groups excluding carboxylic acids is 1. The summed E-state index contributed by atoms with van der Waals surface area (Å²) >= 11 is 0. The van der Waals surface area contributed by atoms with Crippen LogP contribution in [0, 0.1) is 5.41 Å². The van der Waals surface area contributed by atoms with Crippen LogP contribution in [-0.2, 0) is 15.6 Å². The molecule has 2 aliphatic rings. The minimum Gasteiger partial charge on any atom is -0.353 e. The molecule has 17 heavy (non-hydrogen) atoms. The molecule has 4 nitrogen and oxygen atoms in total. The van der Waals surface area contributed by atoms with Gasteiger partial charge in [-0.05, 0) is 38.8 Å². The van der Waals surface area contributed by atoms with E-state index in [4.69, 9.17) is 0 Å². The Morgan fingerprint density at radius 1 is 1.29 bits per heavy atom. The van der Waals surface area contributed by atoms with Gasteiger partial charge < -0.3 is 10.6 Å². The maximum Gasteiger partial charge on any atom is 0.226 e. The molecular formula is C12H22N2O2S. The molecule has 0 saturated carbocycles. The molecule has 0 aromatic rings. The van der Waals surface area contributed by atoms with Gasteiger partial charge >= 0.3 is 0 Å². The van der Waals surface area contributed by atoms with Gasteiger partial charge in [0.15, 0.2) is 0 Å². The predicted octanol–water partition coefficient (Wildman–Crippen LogP) is 0.403. The quantitative estimate of drug-likeness (QED) is 0.754. The van der Waals surface area contributed by atoms with E-state index in [0.29, 0.717) is 0 Å². The molecule has 5 heteroatoms. The van der Waals surface area contributed by atoms with E-state index < -0.39 is 10.8 Å². The second kappa shape index (κ2) is 5.48. The zero-order valence-electron chi connectivity index (χ0n) is 10.5. The first-order valence-electron chi connectivity index (χ1n) is 6.47. The monoisotopic (exact) mass is 258 g/mol. The average molecular weight is 258 g/mol. The average Bonchev–Trinajstić information content (AvgIpc) is 2.33. The minimum absolute atomic E-state index is 0.191. The zero-order chi connectivity index (χ0) is 12.3. The molecular weight excluding hydrogens is 236 g/mol. The van der Waals surface area contributed by atoms with Crippen LogP contribution in [0.15, 0.2) is 0 Å². The minimum atomic E-state index is -0.652. The Morgan fingerprint density at radius 3 is 2.47 bits per heavy atom. The number of piperidine rings is 1. The lowest BCUT2D eigenvalue weighted by Gasteiger charge is -2.34. The van der Waals surface area contributed by atoms with Crippen molar-refractivity contribution in [2.45, 2.75) is 38.6 Å². The van der Waals surface area contributed by atoms with Gasteiger partial charge in [0, 0.05) is 33.8 Å². The predicted molar refractivity (Wildman–Crippen MR) is 69.3 cm³/mol. The van der Waals surface area contributed by atoms with E-state index in [2.05, 4.69) is 17.6 Å². The Bertz CT molecular complexity index is 304.